The Balaban J connectivity index is 1.39. The van der Waals surface area contributed by atoms with E-state index in [1.54, 1.807) is 23.7 Å². The quantitative estimate of drug-likeness (QED) is 0.564. The van der Waals surface area contributed by atoms with Gasteiger partial charge in [-0.2, -0.15) is 0 Å². The van der Waals surface area contributed by atoms with E-state index in [0.29, 0.717) is 0 Å². The lowest BCUT2D eigenvalue weighted by molar-refractivity contribution is 0.116. The molecule has 0 aliphatic heterocycles. The van der Waals surface area contributed by atoms with E-state index in [2.05, 4.69) is 38.1 Å². The smallest absolute Gasteiger partial charge is 0.184 e. The molecule has 3 heterocycles. The number of nitrogens with one attached hydrogen (secondary N) is 1. The molecule has 4 aromatic rings. The first-order chi connectivity index (χ1) is 13.3. The summed E-state index contributed by atoms with van der Waals surface area (Å²) in [7, 11) is 0. The van der Waals surface area contributed by atoms with Crippen molar-refractivity contribution in [1.82, 2.24) is 19.5 Å². The highest BCUT2D eigenvalue weighted by molar-refractivity contribution is 7.22. The van der Waals surface area contributed by atoms with Crippen LogP contribution in [-0.4, -0.2) is 36.8 Å². The summed E-state index contributed by atoms with van der Waals surface area (Å²) in [6.07, 6.45) is 9.33. The Kier molecular flexibility index (Phi) is 4.26. The van der Waals surface area contributed by atoms with E-state index in [4.69, 9.17) is 4.98 Å². The summed E-state index contributed by atoms with van der Waals surface area (Å²) < 4.78 is 3.29. The fourth-order valence-electron chi connectivity index (χ4n) is 3.81. The van der Waals surface area contributed by atoms with Crippen molar-refractivity contribution in [3.8, 4) is 0 Å². The number of imidazole rings is 1. The second kappa shape index (κ2) is 6.90. The molecule has 2 unspecified atom stereocenters. The predicted molar refractivity (Wildman–Crippen MR) is 108 cm³/mol. The second-order valence-corrected chi connectivity index (χ2v) is 8.19. The number of hydrogen-bond donors (Lipinski definition) is 2. The first-order valence-electron chi connectivity index (χ1n) is 9.35. The van der Waals surface area contributed by atoms with Crippen molar-refractivity contribution in [1.29, 1.82) is 0 Å². The summed E-state index contributed by atoms with van der Waals surface area (Å²) >= 11 is 1.66. The summed E-state index contributed by atoms with van der Waals surface area (Å²) in [5.74, 6) is 0. The van der Waals surface area contributed by atoms with E-state index in [9.17, 15) is 5.11 Å². The number of anilines is 1. The van der Waals surface area contributed by atoms with Gasteiger partial charge in [0.1, 0.15) is 5.52 Å². The fourth-order valence-corrected chi connectivity index (χ4v) is 4.80. The van der Waals surface area contributed by atoms with E-state index in [1.165, 1.54) is 5.56 Å². The van der Waals surface area contributed by atoms with Crippen molar-refractivity contribution in [3.63, 3.8) is 0 Å². The molecule has 7 heteroatoms. The molecule has 0 spiro atoms. The Hall–Kier alpha value is -2.51. The van der Waals surface area contributed by atoms with Gasteiger partial charge in [-0.1, -0.05) is 30.2 Å². The summed E-state index contributed by atoms with van der Waals surface area (Å²) in [6, 6.07) is 8.50. The SMILES string of the molecule is OC1CCCCC1Nc1nc2ccc(Cn3cnc4cnccc43)cc2s1. The van der Waals surface area contributed by atoms with E-state index >= 15 is 0 Å². The molecule has 1 aromatic carbocycles. The largest absolute Gasteiger partial charge is 0.391 e. The van der Waals surface area contributed by atoms with Gasteiger partial charge < -0.3 is 15.0 Å². The van der Waals surface area contributed by atoms with E-state index < -0.39 is 0 Å². The van der Waals surface area contributed by atoms with Crippen LogP contribution in [0.15, 0.2) is 43.0 Å². The van der Waals surface area contributed by atoms with Gasteiger partial charge in [0.05, 0.1) is 40.4 Å². The summed E-state index contributed by atoms with van der Waals surface area (Å²) in [6.45, 7) is 0.762. The zero-order valence-electron chi connectivity index (χ0n) is 14.9. The maximum absolute atomic E-state index is 10.2. The number of fused-ring (bicyclic) bond motifs is 2. The van der Waals surface area contributed by atoms with Gasteiger partial charge in [-0.15, -0.1) is 0 Å². The molecule has 6 nitrogen and oxygen atoms in total. The monoisotopic (exact) mass is 379 g/mol. The Bertz CT molecular complexity index is 1090. The third-order valence-electron chi connectivity index (χ3n) is 5.27. The highest BCUT2D eigenvalue weighted by atomic mass is 32.1. The lowest BCUT2D eigenvalue weighted by Gasteiger charge is -2.27. The van der Waals surface area contributed by atoms with Crippen molar-refractivity contribution in [3.05, 3.63) is 48.5 Å². The van der Waals surface area contributed by atoms with Crippen LogP contribution >= 0.6 is 11.3 Å². The molecule has 0 amide bonds. The number of benzene rings is 1. The van der Waals surface area contributed by atoms with Crippen molar-refractivity contribution in [2.75, 3.05) is 5.32 Å². The Labute approximate surface area is 160 Å². The predicted octanol–water partition coefficient (Wildman–Crippen LogP) is 3.80. The third kappa shape index (κ3) is 3.28. The zero-order valence-corrected chi connectivity index (χ0v) is 15.7. The van der Waals surface area contributed by atoms with Crippen LogP contribution in [0.3, 0.4) is 0 Å². The average Bonchev–Trinajstić information content (AvgIpc) is 3.27. The molecule has 2 N–H and O–H groups in total. The second-order valence-electron chi connectivity index (χ2n) is 7.16. The first kappa shape index (κ1) is 16.6. The fraction of sp³-hybridized carbons (Fsp3) is 0.350. The molecule has 0 bridgehead atoms. The maximum atomic E-state index is 10.2. The van der Waals surface area contributed by atoms with Crippen molar-refractivity contribution in [2.24, 2.45) is 0 Å². The summed E-state index contributed by atoms with van der Waals surface area (Å²) in [5.41, 5.74) is 4.21. The lowest BCUT2D eigenvalue weighted by atomic mass is 9.93. The molecular weight excluding hydrogens is 358 g/mol. The van der Waals surface area contributed by atoms with Gasteiger partial charge in [-0.05, 0) is 36.6 Å². The average molecular weight is 379 g/mol. The minimum absolute atomic E-state index is 0.115. The maximum Gasteiger partial charge on any atom is 0.184 e. The lowest BCUT2D eigenvalue weighted by Crippen LogP contribution is -2.36. The highest BCUT2D eigenvalue weighted by Gasteiger charge is 2.23. The standard InChI is InChI=1S/C20H21N5OS/c26-18-4-2-1-3-14(18)23-20-24-15-6-5-13(9-19(15)27-20)11-25-12-22-16-10-21-8-7-17(16)25/h5-10,12,14,18,26H,1-4,11H2,(H,23,24). The van der Waals surface area contributed by atoms with E-state index in [-0.39, 0.29) is 12.1 Å². The van der Waals surface area contributed by atoms with Crippen molar-refractivity contribution < 1.29 is 5.11 Å². The number of nitrogens with zero attached hydrogens (tertiary/aromatic N) is 4. The van der Waals surface area contributed by atoms with Gasteiger partial charge in [0.25, 0.3) is 0 Å². The molecule has 1 aliphatic carbocycles. The number of aliphatic hydroxyl groups excluding tert-OH is 1. The molecule has 2 atom stereocenters. The number of pyridine rings is 1. The third-order valence-corrected chi connectivity index (χ3v) is 6.22. The van der Waals surface area contributed by atoms with Crippen LogP contribution in [0.5, 0.6) is 0 Å². The van der Waals surface area contributed by atoms with E-state index in [1.807, 2.05) is 12.4 Å². The first-order valence-corrected chi connectivity index (χ1v) is 10.2. The molecule has 1 aliphatic rings. The number of thiazole rings is 1. The van der Waals surface area contributed by atoms with Gasteiger partial charge in [-0.25, -0.2) is 9.97 Å². The molecule has 27 heavy (non-hydrogen) atoms. The summed E-state index contributed by atoms with van der Waals surface area (Å²) in [4.78, 5) is 13.2. The van der Waals surface area contributed by atoms with Crippen LogP contribution in [0.2, 0.25) is 0 Å². The molecule has 138 valence electrons. The topological polar surface area (TPSA) is 75.9 Å². The zero-order chi connectivity index (χ0) is 18.2. The van der Waals surface area contributed by atoms with Crippen LogP contribution < -0.4 is 5.32 Å². The summed E-state index contributed by atoms with van der Waals surface area (Å²) in [5, 5.41) is 14.5. The minimum Gasteiger partial charge on any atom is -0.391 e. The van der Waals surface area contributed by atoms with Crippen molar-refractivity contribution in [2.45, 2.75) is 44.4 Å². The Morgan fingerprint density at radius 3 is 3.04 bits per heavy atom. The minimum atomic E-state index is -0.273. The normalized spacial score (nSPS) is 20.3. The molecular formula is C20H21N5OS. The van der Waals surface area contributed by atoms with Crippen LogP contribution in [0, 0.1) is 0 Å². The van der Waals surface area contributed by atoms with Crippen LogP contribution in [-0.2, 0) is 6.54 Å². The van der Waals surface area contributed by atoms with Crippen LogP contribution in [0.1, 0.15) is 31.2 Å². The number of aromatic nitrogens is 4. The van der Waals surface area contributed by atoms with Crippen LogP contribution in [0.4, 0.5) is 5.13 Å². The van der Waals surface area contributed by atoms with Gasteiger partial charge in [0.2, 0.25) is 0 Å². The molecule has 1 fully saturated rings. The van der Waals surface area contributed by atoms with Crippen LogP contribution in [0.25, 0.3) is 21.3 Å². The molecule has 1 saturated carbocycles. The number of rotatable bonds is 4. The van der Waals surface area contributed by atoms with Gasteiger partial charge in [-0.3, -0.25) is 4.98 Å². The molecule has 0 radical (unpaired) electrons. The highest BCUT2D eigenvalue weighted by Crippen LogP contribution is 2.30. The molecule has 3 aromatic heterocycles. The Morgan fingerprint density at radius 2 is 2.11 bits per heavy atom. The molecule has 5 rings (SSSR count). The van der Waals surface area contributed by atoms with Gasteiger partial charge in [0, 0.05) is 12.7 Å². The number of aliphatic hydroxyl groups is 1. The number of hydrogen-bond acceptors (Lipinski definition) is 6. The van der Waals surface area contributed by atoms with Crippen molar-refractivity contribution >= 4 is 37.7 Å². The van der Waals surface area contributed by atoms with Gasteiger partial charge in [0.15, 0.2) is 5.13 Å². The van der Waals surface area contributed by atoms with E-state index in [0.717, 1.165) is 58.6 Å². The van der Waals surface area contributed by atoms with Gasteiger partial charge >= 0.3 is 0 Å². The Morgan fingerprint density at radius 1 is 1.19 bits per heavy atom. The molecule has 0 saturated heterocycles.